The maximum absolute atomic E-state index is 15.0. The number of nitrogens with zero attached hydrogens (tertiary/aromatic N) is 1. The Labute approximate surface area is 259 Å². The summed E-state index contributed by atoms with van der Waals surface area (Å²) in [7, 11) is -4.49. The molecule has 1 N–H and O–H groups in total. The molecule has 1 saturated carbocycles. The fourth-order valence-corrected chi connectivity index (χ4v) is 10.1. The summed E-state index contributed by atoms with van der Waals surface area (Å²) in [6.07, 6.45) is -10.3. The van der Waals surface area contributed by atoms with Gasteiger partial charge in [-0.15, -0.1) is 0 Å². The number of likely N-dealkylation sites (tertiary alicyclic amines) is 1. The first kappa shape index (κ1) is 32.1. The minimum atomic E-state index is -6.34. The number of rotatable bonds is 5. The molecule has 2 heterocycles. The van der Waals surface area contributed by atoms with Gasteiger partial charge in [0.2, 0.25) is 11.8 Å². The lowest BCUT2D eigenvalue weighted by atomic mass is 9.74. The molecule has 2 saturated heterocycles. The number of hydrogen-bond donors (Lipinski definition) is 1. The van der Waals surface area contributed by atoms with E-state index in [2.05, 4.69) is 5.32 Å². The second kappa shape index (κ2) is 10.6. The highest BCUT2D eigenvalue weighted by atomic mass is 35.5. The summed E-state index contributed by atoms with van der Waals surface area (Å²) >= 11 is 5.97. The van der Waals surface area contributed by atoms with Crippen molar-refractivity contribution in [2.24, 2.45) is 11.8 Å². The maximum atomic E-state index is 15.0. The van der Waals surface area contributed by atoms with Crippen LogP contribution in [0.2, 0.25) is 5.02 Å². The molecule has 2 amide bonds. The summed E-state index contributed by atoms with van der Waals surface area (Å²) in [5.74, 6) is -0.924. The highest BCUT2D eigenvalue weighted by molar-refractivity contribution is 7.92. The monoisotopic (exact) mass is 680 g/mol. The van der Waals surface area contributed by atoms with Crippen LogP contribution in [-0.2, 0) is 36.3 Å². The van der Waals surface area contributed by atoms with E-state index in [1.165, 1.54) is 29.2 Å². The Morgan fingerprint density at radius 2 is 1.60 bits per heavy atom. The molecule has 2 aromatic rings. The van der Waals surface area contributed by atoms with E-state index in [9.17, 15) is 44.3 Å². The van der Waals surface area contributed by atoms with E-state index in [1.807, 2.05) is 0 Å². The van der Waals surface area contributed by atoms with E-state index < -0.39 is 56.2 Å². The molecular weight excluding hydrogens is 653 g/mol. The van der Waals surface area contributed by atoms with Gasteiger partial charge in [-0.05, 0) is 79.8 Å². The largest absolute Gasteiger partial charge is 0.435 e. The second-order valence-electron chi connectivity index (χ2n) is 12.3. The molecule has 2 aromatic carbocycles. The van der Waals surface area contributed by atoms with Gasteiger partial charge in [0.1, 0.15) is 10.8 Å². The van der Waals surface area contributed by atoms with Crippen molar-refractivity contribution in [1.29, 1.82) is 0 Å². The molecule has 45 heavy (non-hydrogen) atoms. The number of sulfone groups is 1. The average molecular weight is 681 g/mol. The van der Waals surface area contributed by atoms with Crippen molar-refractivity contribution in [3.8, 4) is 0 Å². The standard InChI is InChI=1S/C30H28ClF7N2O4S/c31-19-6-8-20(9-7-19)45(43,44)27-12-13-40(26(42)23-15-21(25(41)39-23)16-2-1-3-16)24(27)11-4-17-14-18(5-10-22(17)27)28(32,29(33,34)35)30(36,37)38/h5-10,14,16,21,23-24H,1-4,11-13,15H2,(H,39,41). The predicted molar refractivity (Wildman–Crippen MR) is 147 cm³/mol. The van der Waals surface area contributed by atoms with Crippen LogP contribution in [0.25, 0.3) is 0 Å². The average Bonchev–Trinajstić information content (AvgIpc) is 3.52. The Balaban J connectivity index is 1.45. The van der Waals surface area contributed by atoms with Crippen LogP contribution < -0.4 is 5.32 Å². The summed E-state index contributed by atoms with van der Waals surface area (Å²) in [5, 5.41) is 2.96. The van der Waals surface area contributed by atoms with Crippen molar-refractivity contribution in [1.82, 2.24) is 10.2 Å². The molecule has 3 fully saturated rings. The number of hydrogen-bond acceptors (Lipinski definition) is 4. The molecule has 0 radical (unpaired) electrons. The number of fused-ring (bicyclic) bond motifs is 3. The fourth-order valence-electron chi connectivity index (χ4n) is 7.63. The summed E-state index contributed by atoms with van der Waals surface area (Å²) in [6.45, 7) is -0.101. The molecule has 0 bridgehead atoms. The number of halogens is 8. The van der Waals surface area contributed by atoms with Crippen molar-refractivity contribution >= 4 is 33.3 Å². The summed E-state index contributed by atoms with van der Waals surface area (Å²) in [5.41, 5.74) is -7.68. The van der Waals surface area contributed by atoms with Crippen LogP contribution in [0.1, 0.15) is 55.2 Å². The van der Waals surface area contributed by atoms with Crippen molar-refractivity contribution in [2.75, 3.05) is 6.54 Å². The van der Waals surface area contributed by atoms with Crippen LogP contribution in [0.4, 0.5) is 30.7 Å². The number of carbonyl (C=O) groups is 2. The lowest BCUT2D eigenvalue weighted by molar-refractivity contribution is -0.348. The first-order valence-corrected chi connectivity index (χ1v) is 16.4. The second-order valence-corrected chi connectivity index (χ2v) is 14.9. The maximum Gasteiger partial charge on any atom is 0.435 e. The van der Waals surface area contributed by atoms with E-state index in [4.69, 9.17) is 11.6 Å². The van der Waals surface area contributed by atoms with Gasteiger partial charge >= 0.3 is 18.0 Å². The van der Waals surface area contributed by atoms with E-state index in [0.717, 1.165) is 25.3 Å². The Bertz CT molecular complexity index is 1630. The van der Waals surface area contributed by atoms with Crippen molar-refractivity contribution < 1.29 is 48.7 Å². The highest BCUT2D eigenvalue weighted by Gasteiger charge is 2.74. The third-order valence-corrected chi connectivity index (χ3v) is 12.9. The van der Waals surface area contributed by atoms with E-state index in [0.29, 0.717) is 12.1 Å². The molecule has 244 valence electrons. The van der Waals surface area contributed by atoms with Crippen molar-refractivity contribution in [3.63, 3.8) is 0 Å². The van der Waals surface area contributed by atoms with Gasteiger partial charge in [-0.3, -0.25) is 9.59 Å². The zero-order chi connectivity index (χ0) is 32.7. The number of aryl methyl sites for hydroxylation is 1. The SMILES string of the molecule is O=C1NC(C(=O)N2CCC3(S(=O)(=O)c4ccc(Cl)cc4)c4ccc(C(F)(C(F)(F)F)C(F)(F)F)cc4CCC23)CC1C1CCC1. The molecule has 15 heteroatoms. The first-order valence-electron chi connectivity index (χ1n) is 14.5. The third-order valence-electron chi connectivity index (χ3n) is 10.1. The Hall–Kier alpha value is -2.87. The predicted octanol–water partition coefficient (Wildman–Crippen LogP) is 6.15. The van der Waals surface area contributed by atoms with E-state index in [1.54, 1.807) is 0 Å². The number of benzene rings is 2. The molecule has 6 nitrogen and oxygen atoms in total. The highest BCUT2D eigenvalue weighted by Crippen LogP contribution is 2.57. The van der Waals surface area contributed by atoms with Crippen LogP contribution >= 0.6 is 11.6 Å². The van der Waals surface area contributed by atoms with Gasteiger partial charge in [0.15, 0.2) is 9.84 Å². The topological polar surface area (TPSA) is 83.6 Å². The molecule has 2 aliphatic heterocycles. The Morgan fingerprint density at radius 3 is 2.18 bits per heavy atom. The quantitative estimate of drug-likeness (QED) is 0.384. The van der Waals surface area contributed by atoms with Gasteiger partial charge in [-0.1, -0.05) is 36.2 Å². The Morgan fingerprint density at radius 1 is 0.956 bits per heavy atom. The molecule has 2 aliphatic carbocycles. The van der Waals surface area contributed by atoms with E-state index >= 15 is 4.39 Å². The first-order chi connectivity index (χ1) is 20.9. The van der Waals surface area contributed by atoms with Gasteiger partial charge < -0.3 is 10.2 Å². The van der Waals surface area contributed by atoms with Gasteiger partial charge in [0.05, 0.1) is 10.9 Å². The molecule has 6 rings (SSSR count). The minimum Gasteiger partial charge on any atom is -0.344 e. The van der Waals surface area contributed by atoms with Crippen LogP contribution in [-0.4, -0.2) is 56.1 Å². The van der Waals surface area contributed by atoms with Gasteiger partial charge in [0.25, 0.3) is 0 Å². The Kier molecular flexibility index (Phi) is 7.54. The third kappa shape index (κ3) is 4.67. The van der Waals surface area contributed by atoms with Crippen LogP contribution in [0.3, 0.4) is 0 Å². The number of nitrogens with one attached hydrogen (secondary N) is 1. The van der Waals surface area contributed by atoms with Crippen molar-refractivity contribution in [2.45, 2.75) is 84.7 Å². The summed E-state index contributed by atoms with van der Waals surface area (Å²) < 4.78 is 124. The van der Waals surface area contributed by atoms with Gasteiger partial charge in [0, 0.05) is 23.0 Å². The van der Waals surface area contributed by atoms with Crippen LogP contribution in [0.15, 0.2) is 47.4 Å². The number of alkyl halides is 7. The molecular formula is C30H28ClF7N2O4S. The summed E-state index contributed by atoms with van der Waals surface area (Å²) in [6, 6.07) is 4.73. The zero-order valence-corrected chi connectivity index (χ0v) is 25.1. The fraction of sp³-hybridized carbons (Fsp3) is 0.533. The normalized spacial score (nSPS) is 27.5. The molecule has 0 spiro atoms. The van der Waals surface area contributed by atoms with Crippen LogP contribution in [0, 0.1) is 11.8 Å². The molecule has 4 atom stereocenters. The van der Waals surface area contributed by atoms with Gasteiger partial charge in [-0.25, -0.2) is 12.8 Å². The molecule has 4 aliphatic rings. The smallest absolute Gasteiger partial charge is 0.344 e. The molecule has 0 aromatic heterocycles. The van der Waals surface area contributed by atoms with E-state index in [-0.39, 0.29) is 71.0 Å². The lowest BCUT2D eigenvalue weighted by Crippen LogP contribution is -2.55. The minimum absolute atomic E-state index is 0.0951. The van der Waals surface area contributed by atoms with Crippen LogP contribution in [0.5, 0.6) is 0 Å². The number of carbonyl (C=O) groups excluding carboxylic acids is 2. The number of amides is 2. The summed E-state index contributed by atoms with van der Waals surface area (Å²) in [4.78, 5) is 27.7. The van der Waals surface area contributed by atoms with Crippen molar-refractivity contribution in [3.05, 3.63) is 64.2 Å². The van der Waals surface area contributed by atoms with Gasteiger partial charge in [-0.2, -0.15) is 26.3 Å². The molecule has 4 unspecified atom stereocenters. The lowest BCUT2D eigenvalue weighted by Gasteiger charge is -2.43. The zero-order valence-electron chi connectivity index (χ0n) is 23.5.